The first-order valence-electron chi connectivity index (χ1n) is 47.2. The zero-order chi connectivity index (χ0) is 89.3. The molecule has 0 fully saturated rings. The second-order valence-corrected chi connectivity index (χ2v) is 41.7. The minimum absolute atomic E-state index is 0.102. The molecule has 127 heavy (non-hydrogen) atoms. The summed E-state index contributed by atoms with van der Waals surface area (Å²) in [7, 11) is -2.02. The third-order valence-electron chi connectivity index (χ3n) is 26.6. The van der Waals surface area contributed by atoms with Gasteiger partial charge in [-0.05, 0) is 332 Å². The molecule has 0 spiro atoms. The van der Waals surface area contributed by atoms with Crippen molar-refractivity contribution in [2.45, 2.75) is 211 Å². The van der Waals surface area contributed by atoms with Gasteiger partial charge in [-0.1, -0.05) is 287 Å². The van der Waals surface area contributed by atoms with Crippen molar-refractivity contribution in [1.29, 1.82) is 0 Å². The average Bonchev–Trinajstić information content (AvgIpc) is 0.728. The van der Waals surface area contributed by atoms with Gasteiger partial charge in [0.25, 0.3) is 0 Å². The highest BCUT2D eigenvalue weighted by molar-refractivity contribution is 6.74. The predicted octanol–water partition coefficient (Wildman–Crippen LogP) is 33.8. The van der Waals surface area contributed by atoms with Crippen LogP contribution in [0.5, 0.6) is 46.0 Å². The van der Waals surface area contributed by atoms with Crippen LogP contribution in [0.3, 0.4) is 0 Å². The number of aromatic hydroxyl groups is 1. The molecule has 9 nitrogen and oxygen atoms in total. The van der Waals surface area contributed by atoms with Gasteiger partial charge in [0.2, 0.25) is 8.32 Å². The van der Waals surface area contributed by atoms with E-state index < -0.39 is 14.3 Å². The first-order valence-corrected chi connectivity index (χ1v) is 50.1. The molecule has 0 amide bonds. The summed E-state index contributed by atoms with van der Waals surface area (Å²) in [5.41, 5.74) is 10.7. The van der Waals surface area contributed by atoms with Crippen molar-refractivity contribution < 1.29 is 42.7 Å². The molecule has 15 aromatic rings. The lowest BCUT2D eigenvalue weighted by atomic mass is 9.85. The smallest absolute Gasteiger partial charge is 0.338 e. The SMILES string of the molecule is C=C(C)C(=O)Oc1ccc2cc(-c3c4ccc(OCC(CC)CCCC)cc4c(-c4ccc5cc(O[Si](C)(C)C(C)(C)C)ccc5c4)c4ccc(OCC(CC)CCCC)cc34)ccc2c1.CCCCC(CC)COc1ccc2c(-c3ccc4cc(OCc5ccccc5)ccc4c3)c3cc(OCC(CC)CCCC)ccc3c(-c3ccc4cc(O)ccc4c3)c2c1. The molecular weight excluding hydrogens is 1580 g/mol. The van der Waals surface area contributed by atoms with Gasteiger partial charge in [0.05, 0.1) is 26.4 Å². The number of ether oxygens (including phenoxy) is 6. The number of benzene rings is 15. The van der Waals surface area contributed by atoms with E-state index in [0.717, 1.165) is 185 Å². The number of phenolic OH excluding ortho intramolecular Hbond substituents is 1. The van der Waals surface area contributed by atoms with Crippen molar-refractivity contribution in [2.24, 2.45) is 23.7 Å². The summed E-state index contributed by atoms with van der Waals surface area (Å²) in [4.78, 5) is 12.4. The number of hydrogen-bond donors (Lipinski definition) is 1. The molecule has 0 aliphatic rings. The largest absolute Gasteiger partial charge is 0.543 e. The van der Waals surface area contributed by atoms with Gasteiger partial charge < -0.3 is 38.0 Å². The second kappa shape index (κ2) is 42.3. The molecule has 0 aliphatic carbocycles. The number of fused-ring (bicyclic) bond motifs is 8. The van der Waals surface area contributed by atoms with Crippen LogP contribution in [0.2, 0.25) is 18.1 Å². The van der Waals surface area contributed by atoms with Crippen molar-refractivity contribution in [1.82, 2.24) is 0 Å². The minimum Gasteiger partial charge on any atom is -0.543 e. The number of rotatable bonds is 39. The Labute approximate surface area is 755 Å². The van der Waals surface area contributed by atoms with Crippen molar-refractivity contribution >= 4 is 100 Å². The molecule has 0 aromatic heterocycles. The Morgan fingerprint density at radius 2 is 0.630 bits per heavy atom. The van der Waals surface area contributed by atoms with Gasteiger partial charge in [-0.3, -0.25) is 0 Å². The second-order valence-electron chi connectivity index (χ2n) is 37.0. The van der Waals surface area contributed by atoms with Crippen LogP contribution in [0.4, 0.5) is 0 Å². The van der Waals surface area contributed by atoms with Crippen molar-refractivity contribution in [3.63, 3.8) is 0 Å². The Balaban J connectivity index is 0.000000206. The summed E-state index contributed by atoms with van der Waals surface area (Å²) in [5, 5.41) is 28.3. The average molecular weight is 1710 g/mol. The Morgan fingerprint density at radius 3 is 0.969 bits per heavy atom. The monoisotopic (exact) mass is 1710 g/mol. The molecule has 15 aromatic carbocycles. The van der Waals surface area contributed by atoms with Crippen LogP contribution in [0.15, 0.2) is 261 Å². The standard InChI is InChI=1S/C60H72O5Si.C57H60O4/c1-12-16-18-41(14-3)38-62-49-29-31-54-55(36-49)57(47-22-20-45-34-51(26-24-43(45)32-47)64-59(61)40(5)6)53-30-28-50(63-39-42(15-4)19-17-13-2)37-56(53)58(54)48-23-21-46-35-52(27-25-44(46)33-48)65-66(10,11)60(7,8)9;1-5-9-14-39(7-3)36-59-50-27-29-53-54(34-50)56(46-20-18-44-32-48(58)24-22-42(44)30-46)52-28-26-51(60-37-40(8-4)15-10-6-2)35-55(52)57(53)47-21-19-45-33-49(25-23-43(45)31-47)61-38-41-16-12-11-13-17-41/h20-37,41-42H,5,12-19,38-39H2,1-4,6-11H3;11-13,16-35,39-40,58H,5-10,14-15,36-38H2,1-4H3. The van der Waals surface area contributed by atoms with E-state index in [2.05, 4.69) is 290 Å². The van der Waals surface area contributed by atoms with Gasteiger partial charge in [-0.2, -0.15) is 0 Å². The van der Waals surface area contributed by atoms with Crippen LogP contribution >= 0.6 is 0 Å². The van der Waals surface area contributed by atoms with Crippen LogP contribution in [0.25, 0.3) is 131 Å². The first kappa shape index (κ1) is 91.6. The number of carbonyl (C=O) groups excluding carboxylic acids is 1. The first-order chi connectivity index (χ1) is 61.6. The summed E-state index contributed by atoms with van der Waals surface area (Å²) < 4.78 is 45.4. The highest BCUT2D eigenvalue weighted by Crippen LogP contribution is 2.51. The van der Waals surface area contributed by atoms with Crippen molar-refractivity contribution in [3.05, 3.63) is 266 Å². The van der Waals surface area contributed by atoms with Crippen LogP contribution < -0.4 is 32.8 Å². The van der Waals surface area contributed by atoms with Gasteiger partial charge >= 0.3 is 5.97 Å². The maximum Gasteiger partial charge on any atom is 0.338 e. The molecule has 0 saturated carbocycles. The zero-order valence-electron chi connectivity index (χ0n) is 77.8. The van der Waals surface area contributed by atoms with E-state index in [1.54, 1.807) is 13.0 Å². The molecule has 10 heteroatoms. The van der Waals surface area contributed by atoms with E-state index in [1.165, 1.54) is 88.2 Å². The van der Waals surface area contributed by atoms with Crippen LogP contribution in [-0.4, -0.2) is 45.8 Å². The molecule has 0 saturated heterocycles. The Kier molecular flexibility index (Phi) is 30.5. The van der Waals surface area contributed by atoms with Crippen LogP contribution in [0.1, 0.15) is 191 Å². The van der Waals surface area contributed by atoms with E-state index in [4.69, 9.17) is 32.8 Å². The predicted molar refractivity (Wildman–Crippen MR) is 541 cm³/mol. The Bertz CT molecular complexity index is 6350. The lowest BCUT2D eigenvalue weighted by Crippen LogP contribution is -2.43. The highest BCUT2D eigenvalue weighted by atomic mass is 28.4. The topological polar surface area (TPSA) is 102 Å². The van der Waals surface area contributed by atoms with E-state index in [0.29, 0.717) is 68.0 Å². The minimum atomic E-state index is -2.02. The lowest BCUT2D eigenvalue weighted by molar-refractivity contribution is -0.130. The molecule has 4 unspecified atom stereocenters. The van der Waals surface area contributed by atoms with E-state index >= 15 is 0 Å². The van der Waals surface area contributed by atoms with Crippen LogP contribution in [0, 0.1) is 23.7 Å². The Morgan fingerprint density at radius 1 is 0.339 bits per heavy atom. The molecule has 0 radical (unpaired) electrons. The number of carbonyl (C=O) groups is 1. The van der Waals surface area contributed by atoms with Crippen molar-refractivity contribution in [2.75, 3.05) is 26.4 Å². The number of esters is 1. The zero-order valence-corrected chi connectivity index (χ0v) is 78.8. The van der Waals surface area contributed by atoms with Gasteiger partial charge in [-0.15, -0.1) is 0 Å². The van der Waals surface area contributed by atoms with Gasteiger partial charge in [0.15, 0.2) is 0 Å². The molecule has 0 bridgehead atoms. The van der Waals surface area contributed by atoms with E-state index in [1.807, 2.05) is 48.5 Å². The number of phenols is 1. The maximum atomic E-state index is 12.4. The van der Waals surface area contributed by atoms with Gasteiger partial charge in [0.1, 0.15) is 52.6 Å². The molecular formula is C117H132O9Si. The number of hydrogen-bond acceptors (Lipinski definition) is 9. The fourth-order valence-corrected chi connectivity index (χ4v) is 18.6. The lowest BCUT2D eigenvalue weighted by Gasteiger charge is -2.36. The highest BCUT2D eigenvalue weighted by Gasteiger charge is 2.39. The molecule has 4 atom stereocenters. The normalized spacial score (nSPS) is 12.8. The number of unbranched alkanes of at least 4 members (excludes halogenated alkanes) is 4. The molecule has 0 aliphatic heterocycles. The van der Waals surface area contributed by atoms with E-state index in [9.17, 15) is 9.90 Å². The van der Waals surface area contributed by atoms with E-state index in [-0.39, 0.29) is 10.8 Å². The summed E-state index contributed by atoms with van der Waals surface area (Å²) >= 11 is 0. The summed E-state index contributed by atoms with van der Waals surface area (Å²) in [5.74, 6) is 7.71. The quantitative estimate of drug-likeness (QED) is 0.0133. The van der Waals surface area contributed by atoms with Crippen LogP contribution in [-0.2, 0) is 11.4 Å². The fraction of sp³-hybridized carbons (Fsp3) is 0.342. The molecule has 0 heterocycles. The van der Waals surface area contributed by atoms with Gasteiger partial charge in [-0.25, -0.2) is 4.79 Å². The third-order valence-corrected chi connectivity index (χ3v) is 31.0. The maximum absolute atomic E-state index is 12.4. The third kappa shape index (κ3) is 22.2. The summed E-state index contributed by atoms with van der Waals surface area (Å²) in [6.07, 6.45) is 18.7. The molecule has 1 N–H and O–H groups in total. The molecule has 15 rings (SSSR count). The summed E-state index contributed by atoms with van der Waals surface area (Å²) in [6.45, 7) is 38.3. The van der Waals surface area contributed by atoms with Crippen molar-refractivity contribution in [3.8, 4) is 90.5 Å². The van der Waals surface area contributed by atoms with Gasteiger partial charge in [0, 0.05) is 5.57 Å². The Hall–Kier alpha value is -11.6. The fourth-order valence-electron chi connectivity index (χ4n) is 17.6. The summed E-state index contributed by atoms with van der Waals surface area (Å²) in [6, 6.07) is 88.2. The molecule has 658 valence electrons.